The highest BCUT2D eigenvalue weighted by molar-refractivity contribution is 5.33. The first-order valence-electron chi connectivity index (χ1n) is 6.55. The fourth-order valence-electron chi connectivity index (χ4n) is 2.12. The summed E-state index contributed by atoms with van der Waals surface area (Å²) in [6, 6.07) is 4.35. The molecule has 0 spiro atoms. The highest BCUT2D eigenvalue weighted by Crippen LogP contribution is 2.19. The van der Waals surface area contributed by atoms with Crippen LogP contribution in [0.5, 0.6) is 0 Å². The van der Waals surface area contributed by atoms with E-state index in [9.17, 15) is 0 Å². The first-order valence-corrected chi connectivity index (χ1v) is 6.55. The van der Waals surface area contributed by atoms with Crippen LogP contribution in [-0.2, 0) is 0 Å². The molecule has 0 bridgehead atoms. The van der Waals surface area contributed by atoms with Gasteiger partial charge in [-0.25, -0.2) is 0 Å². The molecule has 0 aliphatic rings. The third kappa shape index (κ3) is 2.64. The molecular formula is C12H20N6. The maximum Gasteiger partial charge on any atom is 0.199 e. The number of hydrogen-bond donors (Lipinski definition) is 1. The fraction of sp³-hybridized carbons (Fsp3) is 0.667. The summed E-state index contributed by atoms with van der Waals surface area (Å²) in [5.41, 5.74) is 1.70. The van der Waals surface area contributed by atoms with Crippen molar-refractivity contribution in [2.75, 3.05) is 6.54 Å². The second-order valence-corrected chi connectivity index (χ2v) is 4.54. The van der Waals surface area contributed by atoms with E-state index in [4.69, 9.17) is 0 Å². The normalized spacial score (nSPS) is 14.8. The summed E-state index contributed by atoms with van der Waals surface area (Å²) in [6.45, 7) is 7.60. The van der Waals surface area contributed by atoms with E-state index in [1.54, 1.807) is 0 Å². The predicted molar refractivity (Wildman–Crippen MR) is 69.4 cm³/mol. The maximum absolute atomic E-state index is 4.45. The number of rotatable bonds is 6. The zero-order valence-electron chi connectivity index (χ0n) is 11.2. The monoisotopic (exact) mass is 248 g/mol. The minimum Gasteiger partial charge on any atom is -0.313 e. The van der Waals surface area contributed by atoms with Crippen molar-refractivity contribution in [3.05, 3.63) is 17.8 Å². The van der Waals surface area contributed by atoms with Crippen molar-refractivity contribution in [3.63, 3.8) is 0 Å². The average Bonchev–Trinajstić information content (AvgIpc) is 2.86. The Morgan fingerprint density at radius 3 is 2.89 bits per heavy atom. The van der Waals surface area contributed by atoms with Crippen LogP contribution in [0.25, 0.3) is 5.65 Å². The van der Waals surface area contributed by atoms with Crippen molar-refractivity contribution < 1.29 is 0 Å². The van der Waals surface area contributed by atoms with Crippen molar-refractivity contribution in [1.82, 2.24) is 30.6 Å². The smallest absolute Gasteiger partial charge is 0.199 e. The molecule has 0 aromatic carbocycles. The molecule has 2 atom stereocenters. The Kier molecular flexibility index (Phi) is 4.19. The number of aromatic nitrogens is 5. The van der Waals surface area contributed by atoms with Crippen molar-refractivity contribution in [3.8, 4) is 0 Å². The minimum absolute atomic E-state index is 0.343. The van der Waals surface area contributed by atoms with Gasteiger partial charge in [-0.1, -0.05) is 20.8 Å². The molecule has 2 rings (SSSR count). The Morgan fingerprint density at radius 1 is 1.33 bits per heavy atom. The SMILES string of the molecule is CCCNC(CC)C(C)c1ccc2nnnn2n1. The molecule has 6 heteroatoms. The Morgan fingerprint density at radius 2 is 2.17 bits per heavy atom. The van der Waals surface area contributed by atoms with Crippen molar-refractivity contribution >= 4 is 5.65 Å². The molecule has 6 nitrogen and oxygen atoms in total. The van der Waals surface area contributed by atoms with Crippen LogP contribution < -0.4 is 5.32 Å². The topological polar surface area (TPSA) is 68.0 Å². The molecule has 2 unspecified atom stereocenters. The molecule has 0 amide bonds. The zero-order chi connectivity index (χ0) is 13.0. The van der Waals surface area contributed by atoms with Gasteiger partial charge in [-0.05, 0) is 41.9 Å². The van der Waals surface area contributed by atoms with Gasteiger partial charge in [0.15, 0.2) is 5.65 Å². The van der Waals surface area contributed by atoms with Crippen LogP contribution in [0.15, 0.2) is 12.1 Å². The molecule has 0 radical (unpaired) electrons. The largest absolute Gasteiger partial charge is 0.313 e. The Labute approximate surface area is 107 Å². The van der Waals surface area contributed by atoms with E-state index in [0.717, 1.165) is 25.1 Å². The molecule has 2 aromatic heterocycles. The van der Waals surface area contributed by atoms with Gasteiger partial charge in [-0.15, -0.1) is 9.73 Å². The summed E-state index contributed by atoms with van der Waals surface area (Å²) >= 11 is 0. The lowest BCUT2D eigenvalue weighted by atomic mass is 9.96. The lowest BCUT2D eigenvalue weighted by Crippen LogP contribution is -2.34. The van der Waals surface area contributed by atoms with E-state index in [0.29, 0.717) is 17.6 Å². The standard InChI is InChI=1S/C12H20N6/c1-4-8-13-10(5-2)9(3)11-6-7-12-14-16-17-18(12)15-11/h6-7,9-10,13H,4-5,8H2,1-3H3. The first kappa shape index (κ1) is 12.9. The second-order valence-electron chi connectivity index (χ2n) is 4.54. The Balaban J connectivity index is 2.17. The molecule has 18 heavy (non-hydrogen) atoms. The number of nitrogens with one attached hydrogen (secondary N) is 1. The van der Waals surface area contributed by atoms with Crippen LogP contribution in [0.2, 0.25) is 0 Å². The molecular weight excluding hydrogens is 228 g/mol. The first-order chi connectivity index (χ1) is 8.76. The zero-order valence-corrected chi connectivity index (χ0v) is 11.2. The van der Waals surface area contributed by atoms with Crippen LogP contribution in [0.4, 0.5) is 0 Å². The summed E-state index contributed by atoms with van der Waals surface area (Å²) in [5.74, 6) is 0.343. The van der Waals surface area contributed by atoms with Gasteiger partial charge in [0, 0.05) is 12.0 Å². The number of fused-ring (bicyclic) bond motifs is 1. The van der Waals surface area contributed by atoms with E-state index >= 15 is 0 Å². The summed E-state index contributed by atoms with van der Waals surface area (Å²) in [7, 11) is 0. The van der Waals surface area contributed by atoms with Gasteiger partial charge in [0.2, 0.25) is 0 Å². The van der Waals surface area contributed by atoms with Gasteiger partial charge in [0.25, 0.3) is 0 Å². The quantitative estimate of drug-likeness (QED) is 0.837. The van der Waals surface area contributed by atoms with Crippen LogP contribution in [0.1, 0.15) is 45.2 Å². The summed E-state index contributed by atoms with van der Waals surface area (Å²) in [4.78, 5) is 0. The second kappa shape index (κ2) is 5.86. The van der Waals surface area contributed by atoms with Gasteiger partial charge in [0.1, 0.15) is 0 Å². The van der Waals surface area contributed by atoms with Crippen molar-refractivity contribution in [1.29, 1.82) is 0 Å². The summed E-state index contributed by atoms with van der Waals surface area (Å²) < 4.78 is 1.48. The molecule has 0 saturated heterocycles. The van der Waals surface area contributed by atoms with Gasteiger partial charge in [-0.2, -0.15) is 5.10 Å². The van der Waals surface area contributed by atoms with E-state index in [-0.39, 0.29) is 0 Å². The van der Waals surface area contributed by atoms with E-state index in [1.165, 1.54) is 4.63 Å². The van der Waals surface area contributed by atoms with Crippen LogP contribution in [0, 0.1) is 0 Å². The van der Waals surface area contributed by atoms with Gasteiger partial charge in [0.05, 0.1) is 5.69 Å². The van der Waals surface area contributed by atoms with Gasteiger partial charge in [-0.3, -0.25) is 0 Å². The third-order valence-corrected chi connectivity index (χ3v) is 3.26. The van der Waals surface area contributed by atoms with Crippen LogP contribution >= 0.6 is 0 Å². The molecule has 2 aromatic rings. The van der Waals surface area contributed by atoms with E-state index < -0.39 is 0 Å². The maximum atomic E-state index is 4.45. The van der Waals surface area contributed by atoms with E-state index in [2.05, 4.69) is 46.7 Å². The highest BCUT2D eigenvalue weighted by atomic mass is 15.6. The highest BCUT2D eigenvalue weighted by Gasteiger charge is 2.18. The number of nitrogens with zero attached hydrogens (tertiary/aromatic N) is 5. The lowest BCUT2D eigenvalue weighted by molar-refractivity contribution is 0.428. The molecule has 0 aliphatic heterocycles. The fourth-order valence-corrected chi connectivity index (χ4v) is 2.12. The summed E-state index contributed by atoms with van der Waals surface area (Å²) in [5, 5.41) is 19.3. The number of tetrazole rings is 1. The van der Waals surface area contributed by atoms with Crippen molar-refractivity contribution in [2.45, 2.75) is 45.6 Å². The molecule has 98 valence electrons. The molecule has 2 heterocycles. The van der Waals surface area contributed by atoms with Crippen molar-refractivity contribution in [2.24, 2.45) is 0 Å². The van der Waals surface area contributed by atoms with Gasteiger partial charge >= 0.3 is 0 Å². The average molecular weight is 248 g/mol. The van der Waals surface area contributed by atoms with E-state index in [1.807, 2.05) is 12.1 Å². The third-order valence-electron chi connectivity index (χ3n) is 3.26. The minimum atomic E-state index is 0.343. The lowest BCUT2D eigenvalue weighted by Gasteiger charge is -2.23. The summed E-state index contributed by atoms with van der Waals surface area (Å²) in [6.07, 6.45) is 2.22. The molecule has 0 saturated carbocycles. The van der Waals surface area contributed by atoms with Crippen LogP contribution in [-0.4, -0.2) is 37.8 Å². The molecule has 0 aliphatic carbocycles. The molecule has 1 N–H and O–H groups in total. The van der Waals surface area contributed by atoms with Gasteiger partial charge < -0.3 is 5.32 Å². The van der Waals surface area contributed by atoms with Crippen LogP contribution in [0.3, 0.4) is 0 Å². The predicted octanol–water partition coefficient (Wildman–Crippen LogP) is 1.40. The number of hydrogen-bond acceptors (Lipinski definition) is 5. The Bertz CT molecular complexity index is 494. The molecule has 0 fully saturated rings. The Hall–Kier alpha value is -1.56.